The van der Waals surface area contributed by atoms with Crippen LogP contribution in [0.5, 0.6) is 0 Å². The second-order valence-electron chi connectivity index (χ2n) is 7.84. The van der Waals surface area contributed by atoms with Gasteiger partial charge in [-0.15, -0.1) is 0 Å². The van der Waals surface area contributed by atoms with Gasteiger partial charge in [0, 0.05) is 12.0 Å². The zero-order valence-electron chi connectivity index (χ0n) is 17.0. The highest BCUT2D eigenvalue weighted by atomic mass is 16.6. The molecule has 1 heterocycles. The van der Waals surface area contributed by atoms with Crippen LogP contribution in [-0.4, -0.2) is 30.5 Å². The minimum Gasteiger partial charge on any atom is -0.466 e. The molecule has 1 fully saturated rings. The van der Waals surface area contributed by atoms with Crippen molar-refractivity contribution < 1.29 is 19.1 Å². The third-order valence-electron chi connectivity index (χ3n) is 5.43. The number of aryl methyl sites for hydroxylation is 1. The van der Waals surface area contributed by atoms with E-state index in [0.717, 1.165) is 36.8 Å². The van der Waals surface area contributed by atoms with E-state index < -0.39 is 5.97 Å². The fourth-order valence-corrected chi connectivity index (χ4v) is 3.85. The molecule has 5 heteroatoms. The molecule has 0 spiro atoms. The van der Waals surface area contributed by atoms with E-state index in [1.54, 1.807) is 6.92 Å². The van der Waals surface area contributed by atoms with Crippen LogP contribution in [0.3, 0.4) is 0 Å². The molecule has 2 aliphatic rings. The van der Waals surface area contributed by atoms with Crippen molar-refractivity contribution in [2.75, 3.05) is 6.61 Å². The van der Waals surface area contributed by atoms with Crippen LogP contribution in [0.1, 0.15) is 57.1 Å². The average Bonchev–Trinajstić information content (AvgIpc) is 2.92. The first-order chi connectivity index (χ1) is 13.5. The van der Waals surface area contributed by atoms with Gasteiger partial charge >= 0.3 is 11.9 Å². The number of hydrogen-bond donors (Lipinski definition) is 0. The molecule has 0 atom stereocenters. The normalized spacial score (nSPS) is 23.8. The highest BCUT2D eigenvalue weighted by Gasteiger charge is 2.33. The molecule has 0 bridgehead atoms. The summed E-state index contributed by atoms with van der Waals surface area (Å²) in [5, 5.41) is 0. The predicted molar refractivity (Wildman–Crippen MR) is 108 cm³/mol. The van der Waals surface area contributed by atoms with Crippen molar-refractivity contribution in [2.45, 2.75) is 65.3 Å². The van der Waals surface area contributed by atoms with Crippen molar-refractivity contribution in [3.63, 3.8) is 0 Å². The van der Waals surface area contributed by atoms with Crippen molar-refractivity contribution in [1.82, 2.24) is 0 Å². The van der Waals surface area contributed by atoms with Gasteiger partial charge < -0.3 is 9.47 Å². The van der Waals surface area contributed by atoms with Crippen LogP contribution in [-0.2, 0) is 25.5 Å². The van der Waals surface area contributed by atoms with E-state index in [1.165, 1.54) is 0 Å². The third-order valence-corrected chi connectivity index (χ3v) is 5.43. The lowest BCUT2D eigenvalue weighted by atomic mass is 9.87. The van der Waals surface area contributed by atoms with Gasteiger partial charge in [-0.1, -0.05) is 36.8 Å². The molecule has 1 aromatic carbocycles. The lowest BCUT2D eigenvalue weighted by Gasteiger charge is -2.23. The van der Waals surface area contributed by atoms with Crippen molar-refractivity contribution >= 4 is 17.8 Å². The Morgan fingerprint density at radius 3 is 2.64 bits per heavy atom. The van der Waals surface area contributed by atoms with Crippen molar-refractivity contribution in [3.8, 4) is 0 Å². The average molecular weight is 383 g/mol. The van der Waals surface area contributed by atoms with Crippen LogP contribution in [0.4, 0.5) is 0 Å². The minimum atomic E-state index is -0.399. The third kappa shape index (κ3) is 5.09. The van der Waals surface area contributed by atoms with Crippen LogP contribution < -0.4 is 0 Å². The molecule has 0 aromatic heterocycles. The lowest BCUT2D eigenvalue weighted by Crippen LogP contribution is -2.19. The highest BCUT2D eigenvalue weighted by molar-refractivity contribution is 6.16. The minimum absolute atomic E-state index is 0.0166. The van der Waals surface area contributed by atoms with E-state index in [4.69, 9.17) is 14.5 Å². The predicted octanol–water partition coefficient (Wildman–Crippen LogP) is 4.32. The number of nitrogens with zero attached hydrogens (tertiary/aromatic N) is 1. The zero-order valence-corrected chi connectivity index (χ0v) is 17.0. The number of rotatable bonds is 6. The van der Waals surface area contributed by atoms with Gasteiger partial charge in [-0.25, -0.2) is 9.79 Å². The molecule has 150 valence electrons. The smallest absolute Gasteiger partial charge is 0.341 e. The number of benzene rings is 1. The largest absolute Gasteiger partial charge is 0.466 e. The summed E-state index contributed by atoms with van der Waals surface area (Å²) in [4.78, 5) is 29.5. The summed E-state index contributed by atoms with van der Waals surface area (Å²) in [5.41, 5.74) is 3.24. The van der Waals surface area contributed by atoms with E-state index in [9.17, 15) is 9.59 Å². The summed E-state index contributed by atoms with van der Waals surface area (Å²) in [6.07, 6.45) is 4.67. The topological polar surface area (TPSA) is 65.0 Å². The van der Waals surface area contributed by atoms with Crippen LogP contribution in [0, 0.1) is 12.8 Å². The van der Waals surface area contributed by atoms with Crippen molar-refractivity contribution in [1.29, 1.82) is 0 Å². The Bertz CT molecular complexity index is 801. The Morgan fingerprint density at radius 2 is 1.96 bits per heavy atom. The maximum atomic E-state index is 12.6. The standard InChI is InChI=1S/C23H29NO4/c1-4-27-21(25)14-19-20(13-17-7-5-6-16(3)12-17)23(26)28-22(19)24-18-10-8-15(2)9-11-18/h5-7,12,15,18H,4,8-11,13-14H2,1-3H3. The molecule has 3 rings (SSSR count). The first-order valence-electron chi connectivity index (χ1n) is 10.2. The van der Waals surface area contributed by atoms with E-state index in [1.807, 2.05) is 31.2 Å². The second-order valence-corrected chi connectivity index (χ2v) is 7.84. The van der Waals surface area contributed by atoms with E-state index >= 15 is 0 Å². The van der Waals surface area contributed by atoms with Crippen LogP contribution in [0.2, 0.25) is 0 Å². The van der Waals surface area contributed by atoms with Crippen LogP contribution >= 0.6 is 0 Å². The van der Waals surface area contributed by atoms with Gasteiger partial charge in [0.1, 0.15) is 0 Å². The summed E-state index contributed by atoms with van der Waals surface area (Å²) in [7, 11) is 0. The molecular weight excluding hydrogens is 354 g/mol. The van der Waals surface area contributed by atoms with E-state index in [2.05, 4.69) is 6.92 Å². The number of carbonyl (C=O) groups is 2. The molecule has 0 radical (unpaired) electrons. The van der Waals surface area contributed by atoms with Crippen LogP contribution in [0.25, 0.3) is 0 Å². The summed E-state index contributed by atoms with van der Waals surface area (Å²) in [6.45, 7) is 6.35. The van der Waals surface area contributed by atoms with E-state index in [-0.39, 0.29) is 18.4 Å². The van der Waals surface area contributed by atoms with Gasteiger partial charge in [0.05, 0.1) is 24.6 Å². The lowest BCUT2D eigenvalue weighted by molar-refractivity contribution is -0.142. The molecule has 0 unspecified atom stereocenters. The maximum absolute atomic E-state index is 12.6. The molecule has 1 aliphatic heterocycles. The first-order valence-corrected chi connectivity index (χ1v) is 10.2. The summed E-state index contributed by atoms with van der Waals surface area (Å²) in [5.74, 6) is 0.278. The number of aliphatic imine (C=N–C) groups is 1. The van der Waals surface area contributed by atoms with Crippen molar-refractivity contribution in [3.05, 3.63) is 46.5 Å². The monoisotopic (exact) mass is 383 g/mol. The SMILES string of the molecule is CCOC(=O)CC1=C(Cc2cccc(C)c2)C(=O)OC1=NC1CCC(C)CC1. The molecule has 28 heavy (non-hydrogen) atoms. The Hall–Kier alpha value is -2.43. The first kappa shape index (κ1) is 20.3. The van der Waals surface area contributed by atoms with Gasteiger partial charge in [-0.3, -0.25) is 4.79 Å². The summed E-state index contributed by atoms with van der Waals surface area (Å²) in [6, 6.07) is 8.15. The molecule has 0 saturated heterocycles. The van der Waals surface area contributed by atoms with Gasteiger partial charge in [0.25, 0.3) is 0 Å². The Balaban J connectivity index is 1.89. The van der Waals surface area contributed by atoms with Crippen LogP contribution in [0.15, 0.2) is 40.4 Å². The zero-order chi connectivity index (χ0) is 20.1. The van der Waals surface area contributed by atoms with Gasteiger partial charge in [-0.2, -0.15) is 0 Å². The summed E-state index contributed by atoms with van der Waals surface area (Å²) >= 11 is 0. The molecule has 1 saturated carbocycles. The second kappa shape index (κ2) is 9.18. The molecule has 0 amide bonds. The van der Waals surface area contributed by atoms with Gasteiger partial charge in [0.15, 0.2) is 0 Å². The number of cyclic esters (lactones) is 1. The Morgan fingerprint density at radius 1 is 1.21 bits per heavy atom. The fourth-order valence-electron chi connectivity index (χ4n) is 3.85. The fraction of sp³-hybridized carbons (Fsp3) is 0.522. The Kier molecular flexibility index (Phi) is 6.65. The van der Waals surface area contributed by atoms with Gasteiger partial charge in [-0.05, 0) is 51.0 Å². The number of esters is 2. The number of hydrogen-bond acceptors (Lipinski definition) is 5. The molecule has 0 N–H and O–H groups in total. The number of carbonyl (C=O) groups excluding carboxylic acids is 2. The summed E-state index contributed by atoms with van der Waals surface area (Å²) < 4.78 is 10.6. The Labute approximate surface area is 166 Å². The molecular formula is C23H29NO4. The molecule has 5 nitrogen and oxygen atoms in total. The molecule has 1 aromatic rings. The van der Waals surface area contributed by atoms with Crippen molar-refractivity contribution in [2.24, 2.45) is 10.9 Å². The molecule has 1 aliphatic carbocycles. The quantitative estimate of drug-likeness (QED) is 0.686. The highest BCUT2D eigenvalue weighted by Crippen LogP contribution is 2.30. The number of ether oxygens (including phenoxy) is 2. The van der Waals surface area contributed by atoms with Gasteiger partial charge in [0.2, 0.25) is 5.90 Å². The maximum Gasteiger partial charge on any atom is 0.341 e. The van der Waals surface area contributed by atoms with E-state index in [0.29, 0.717) is 36.0 Å².